The summed E-state index contributed by atoms with van der Waals surface area (Å²) in [7, 11) is 1.54. The van der Waals surface area contributed by atoms with Crippen LogP contribution < -0.4 is 0 Å². The fourth-order valence-electron chi connectivity index (χ4n) is 2.56. The van der Waals surface area contributed by atoms with Crippen molar-refractivity contribution in [1.29, 1.82) is 0 Å². The normalized spacial score (nSPS) is 20.4. The summed E-state index contributed by atoms with van der Waals surface area (Å²) in [6.07, 6.45) is -4.25. The predicted octanol–water partition coefficient (Wildman–Crippen LogP) is 3.45. The zero-order valence-corrected chi connectivity index (χ0v) is 15.5. The summed E-state index contributed by atoms with van der Waals surface area (Å²) >= 11 is 8.92. The van der Waals surface area contributed by atoms with Gasteiger partial charge in [0.25, 0.3) is 5.91 Å². The second-order valence-electron chi connectivity index (χ2n) is 5.66. The summed E-state index contributed by atoms with van der Waals surface area (Å²) in [5.74, 6) is -0.978. The Morgan fingerprint density at radius 2 is 1.96 bits per heavy atom. The number of carbonyl (C=O) groups excluding carboxylic acids is 1. The number of benzene rings is 1. The van der Waals surface area contributed by atoms with Crippen LogP contribution in [-0.2, 0) is 12.8 Å². The van der Waals surface area contributed by atoms with Gasteiger partial charge in [0.05, 0.1) is 10.9 Å². The van der Waals surface area contributed by atoms with Crippen LogP contribution in [0, 0.1) is 0 Å². The Balaban J connectivity index is 2.10. The van der Waals surface area contributed by atoms with Crippen molar-refractivity contribution in [3.05, 3.63) is 51.2 Å². The lowest BCUT2D eigenvalue weighted by Gasteiger charge is -2.31. The van der Waals surface area contributed by atoms with Gasteiger partial charge < -0.3 is 5.11 Å². The molecule has 1 aliphatic rings. The second kappa shape index (κ2) is 6.36. The van der Waals surface area contributed by atoms with Gasteiger partial charge in [0.1, 0.15) is 5.71 Å². The molecule has 3 rings (SSSR count). The van der Waals surface area contributed by atoms with Gasteiger partial charge in [-0.1, -0.05) is 23.7 Å². The highest BCUT2D eigenvalue weighted by molar-refractivity contribution is 9.10. The van der Waals surface area contributed by atoms with Gasteiger partial charge in [-0.2, -0.15) is 28.4 Å². The van der Waals surface area contributed by atoms with Crippen LogP contribution in [0.25, 0.3) is 0 Å². The number of aryl methyl sites for hydroxylation is 1. The average molecular weight is 452 g/mol. The Morgan fingerprint density at radius 1 is 1.35 bits per heavy atom. The van der Waals surface area contributed by atoms with Crippen LogP contribution in [0.3, 0.4) is 0 Å². The Hall–Kier alpha value is -1.91. The molecule has 0 saturated carbocycles. The number of nitrogens with zero attached hydrogens (tertiary/aromatic N) is 4. The summed E-state index contributed by atoms with van der Waals surface area (Å²) in [6, 6.07) is 5.48. The van der Waals surface area contributed by atoms with E-state index in [1.165, 1.54) is 35.1 Å². The number of halogens is 5. The van der Waals surface area contributed by atoms with E-state index in [-0.39, 0.29) is 15.7 Å². The van der Waals surface area contributed by atoms with Gasteiger partial charge in [-0.25, -0.2) is 0 Å². The lowest BCUT2D eigenvalue weighted by molar-refractivity contribution is -0.0818. The molecule has 0 spiro atoms. The number of aromatic nitrogens is 2. The molecule has 0 fully saturated rings. The van der Waals surface area contributed by atoms with Crippen molar-refractivity contribution >= 4 is 39.1 Å². The highest BCUT2D eigenvalue weighted by Gasteiger charge is 2.53. The lowest BCUT2D eigenvalue weighted by atomic mass is 9.97. The van der Waals surface area contributed by atoms with Gasteiger partial charge >= 0.3 is 6.18 Å². The van der Waals surface area contributed by atoms with Gasteiger partial charge in [-0.3, -0.25) is 9.48 Å². The third-order valence-electron chi connectivity index (χ3n) is 3.80. The van der Waals surface area contributed by atoms with Crippen molar-refractivity contribution in [2.75, 3.05) is 0 Å². The van der Waals surface area contributed by atoms with Crippen molar-refractivity contribution in [2.24, 2.45) is 12.1 Å². The quantitative estimate of drug-likeness (QED) is 0.760. The fourth-order valence-corrected chi connectivity index (χ4v) is 3.23. The molecule has 6 nitrogen and oxygen atoms in total. The first-order valence-corrected chi connectivity index (χ1v) is 8.36. The van der Waals surface area contributed by atoms with E-state index in [1.807, 2.05) is 0 Å². The Labute approximate surface area is 159 Å². The molecule has 1 N–H and O–H groups in total. The maximum Gasteiger partial charge on any atom is 0.431 e. The lowest BCUT2D eigenvalue weighted by Crippen LogP contribution is -2.44. The van der Waals surface area contributed by atoms with E-state index < -0.39 is 29.9 Å². The number of carbonyl (C=O) groups is 1. The highest BCUT2D eigenvalue weighted by Crippen LogP contribution is 2.41. The molecule has 0 bridgehead atoms. The van der Waals surface area contributed by atoms with E-state index in [0.29, 0.717) is 10.0 Å². The minimum atomic E-state index is -4.79. The fraction of sp³-hybridized carbons (Fsp3) is 0.267. The second-order valence-corrected chi connectivity index (χ2v) is 6.95. The molecule has 11 heteroatoms. The van der Waals surface area contributed by atoms with Gasteiger partial charge in [-0.15, -0.1) is 0 Å². The number of amides is 1. The molecule has 1 aromatic heterocycles. The topological polar surface area (TPSA) is 70.7 Å². The smallest absolute Gasteiger partial charge is 0.365 e. The molecule has 0 unspecified atom stereocenters. The first-order chi connectivity index (χ1) is 12.0. The number of hydrazone groups is 1. The van der Waals surface area contributed by atoms with E-state index in [1.54, 1.807) is 7.05 Å². The van der Waals surface area contributed by atoms with Crippen molar-refractivity contribution in [1.82, 2.24) is 14.8 Å². The molecule has 1 aromatic carbocycles. The maximum atomic E-state index is 13.2. The molecule has 138 valence electrons. The van der Waals surface area contributed by atoms with Crippen LogP contribution in [0.4, 0.5) is 13.2 Å². The largest absolute Gasteiger partial charge is 0.431 e. The number of alkyl halides is 3. The van der Waals surface area contributed by atoms with Crippen LogP contribution in [0.1, 0.15) is 22.5 Å². The summed E-state index contributed by atoms with van der Waals surface area (Å²) in [4.78, 5) is 12.8. The number of rotatable bonds is 2. The van der Waals surface area contributed by atoms with E-state index in [9.17, 15) is 23.1 Å². The minimum Gasteiger partial charge on any atom is -0.365 e. The average Bonchev–Trinajstić information content (AvgIpc) is 3.07. The third kappa shape index (κ3) is 3.24. The summed E-state index contributed by atoms with van der Waals surface area (Å²) < 4.78 is 41.1. The number of hydrogen-bond acceptors (Lipinski definition) is 4. The SMILES string of the molecule is Cn1cc(Br)c(C(=O)N2N=C(C(F)(F)F)C[C@@]2(O)c2ccc(Cl)cc2)n1. The third-order valence-corrected chi connectivity index (χ3v) is 4.63. The van der Waals surface area contributed by atoms with Gasteiger partial charge in [0.2, 0.25) is 0 Å². The van der Waals surface area contributed by atoms with Crippen LogP contribution >= 0.6 is 27.5 Å². The molecule has 0 saturated heterocycles. The van der Waals surface area contributed by atoms with Crippen LogP contribution in [-0.4, -0.2) is 37.7 Å². The molecular formula is C15H11BrClF3N4O2. The maximum absolute atomic E-state index is 13.2. The van der Waals surface area contributed by atoms with Gasteiger partial charge in [0, 0.05) is 23.8 Å². The van der Waals surface area contributed by atoms with Crippen LogP contribution in [0.2, 0.25) is 5.02 Å². The van der Waals surface area contributed by atoms with Crippen molar-refractivity contribution in [2.45, 2.75) is 18.3 Å². The van der Waals surface area contributed by atoms with Crippen molar-refractivity contribution < 1.29 is 23.1 Å². The molecule has 1 atom stereocenters. The van der Waals surface area contributed by atoms with Gasteiger partial charge in [-0.05, 0) is 28.1 Å². The summed E-state index contributed by atoms with van der Waals surface area (Å²) in [5, 5.41) is 19.0. The standard InChI is InChI=1S/C15H11BrClF3N4O2/c1-23-7-10(16)12(22-23)13(25)24-14(26,6-11(21-24)15(18,19)20)8-2-4-9(17)5-3-8/h2-5,7,26H,6H2,1H3/t14-/m1/s1. The zero-order chi connectivity index (χ0) is 19.3. The molecule has 26 heavy (non-hydrogen) atoms. The molecule has 0 aliphatic carbocycles. The van der Waals surface area contributed by atoms with Crippen molar-refractivity contribution in [3.8, 4) is 0 Å². The predicted molar refractivity (Wildman–Crippen MR) is 90.5 cm³/mol. The molecule has 2 aromatic rings. The number of aliphatic hydroxyl groups is 1. The minimum absolute atomic E-state index is 0.0466. The summed E-state index contributed by atoms with van der Waals surface area (Å²) in [5.41, 5.74) is -3.71. The Bertz CT molecular complexity index is 897. The van der Waals surface area contributed by atoms with Crippen LogP contribution in [0.5, 0.6) is 0 Å². The molecular weight excluding hydrogens is 441 g/mol. The Kier molecular flexibility index (Phi) is 4.62. The van der Waals surface area contributed by atoms with E-state index in [4.69, 9.17) is 11.6 Å². The molecule has 0 radical (unpaired) electrons. The van der Waals surface area contributed by atoms with Gasteiger partial charge in [0.15, 0.2) is 11.4 Å². The van der Waals surface area contributed by atoms with E-state index >= 15 is 0 Å². The monoisotopic (exact) mass is 450 g/mol. The zero-order valence-electron chi connectivity index (χ0n) is 13.1. The first-order valence-electron chi connectivity index (χ1n) is 7.19. The Morgan fingerprint density at radius 3 is 2.46 bits per heavy atom. The molecule has 1 aliphatic heterocycles. The van der Waals surface area contributed by atoms with E-state index in [2.05, 4.69) is 26.1 Å². The first kappa shape index (κ1) is 18.9. The highest BCUT2D eigenvalue weighted by atomic mass is 79.9. The number of hydrogen-bond donors (Lipinski definition) is 1. The summed E-state index contributed by atoms with van der Waals surface area (Å²) in [6.45, 7) is 0. The van der Waals surface area contributed by atoms with Crippen molar-refractivity contribution in [3.63, 3.8) is 0 Å². The van der Waals surface area contributed by atoms with Crippen LogP contribution in [0.15, 0.2) is 40.0 Å². The van der Waals surface area contributed by atoms with E-state index in [0.717, 1.165) is 0 Å². The molecule has 1 amide bonds. The molecule has 2 heterocycles.